The first kappa shape index (κ1) is 12.2. The van der Waals surface area contributed by atoms with Crippen molar-refractivity contribution in [3.63, 3.8) is 0 Å². The number of carbonyl (C=O) groups excluding carboxylic acids is 1. The molecule has 0 bridgehead atoms. The molecule has 2 nitrogen and oxygen atoms in total. The lowest BCUT2D eigenvalue weighted by Gasteiger charge is -2.08. The lowest BCUT2D eigenvalue weighted by atomic mass is 9.97. The number of carbonyl (C=O) groups is 1. The molecule has 0 atom stereocenters. The number of nitrogens with one attached hydrogen (secondary N) is 1. The predicted molar refractivity (Wildman–Crippen MR) is 77.8 cm³/mol. The number of fused-ring (bicyclic) bond motifs is 3. The standard InChI is InChI=1S/C17H19NO/c1-9(2)11-5-6-12-13(7-11)17(19)14-8-15(10(3)4)18-16(12)14/h5-10,18H,1-4H3. The summed E-state index contributed by atoms with van der Waals surface area (Å²) in [4.78, 5) is 15.9. The number of aromatic nitrogens is 1. The van der Waals surface area contributed by atoms with Gasteiger partial charge < -0.3 is 4.98 Å². The van der Waals surface area contributed by atoms with E-state index in [0.29, 0.717) is 11.8 Å². The normalized spacial score (nSPS) is 13.3. The van der Waals surface area contributed by atoms with Crippen LogP contribution in [0.3, 0.4) is 0 Å². The van der Waals surface area contributed by atoms with Gasteiger partial charge in [-0.25, -0.2) is 0 Å². The average molecular weight is 253 g/mol. The molecule has 1 aliphatic rings. The minimum atomic E-state index is 0.163. The van der Waals surface area contributed by atoms with E-state index in [9.17, 15) is 4.79 Å². The predicted octanol–water partition coefficient (Wildman–Crippen LogP) is 4.47. The number of H-pyrrole nitrogens is 1. The summed E-state index contributed by atoms with van der Waals surface area (Å²) in [6.45, 7) is 8.57. The summed E-state index contributed by atoms with van der Waals surface area (Å²) >= 11 is 0. The molecule has 0 aliphatic heterocycles. The van der Waals surface area contributed by atoms with Crippen LogP contribution < -0.4 is 0 Å². The van der Waals surface area contributed by atoms with Crippen molar-refractivity contribution in [3.8, 4) is 11.3 Å². The zero-order valence-electron chi connectivity index (χ0n) is 11.9. The van der Waals surface area contributed by atoms with E-state index in [1.54, 1.807) is 0 Å². The van der Waals surface area contributed by atoms with Crippen molar-refractivity contribution in [2.24, 2.45) is 0 Å². The fraction of sp³-hybridized carbons (Fsp3) is 0.353. The van der Waals surface area contributed by atoms with Gasteiger partial charge in [-0.3, -0.25) is 4.79 Å². The third kappa shape index (κ3) is 1.74. The maximum Gasteiger partial charge on any atom is 0.195 e. The summed E-state index contributed by atoms with van der Waals surface area (Å²) in [6, 6.07) is 8.26. The Bertz CT molecular complexity index is 662. The topological polar surface area (TPSA) is 32.9 Å². The zero-order chi connectivity index (χ0) is 13.7. The molecule has 1 aliphatic carbocycles. The molecule has 1 aromatic carbocycles. The molecule has 1 N–H and O–H groups in total. The highest BCUT2D eigenvalue weighted by molar-refractivity contribution is 6.21. The Labute approximate surface area is 113 Å². The first-order valence-electron chi connectivity index (χ1n) is 6.91. The first-order valence-corrected chi connectivity index (χ1v) is 6.91. The zero-order valence-corrected chi connectivity index (χ0v) is 11.9. The van der Waals surface area contributed by atoms with E-state index in [4.69, 9.17) is 0 Å². The monoisotopic (exact) mass is 253 g/mol. The number of hydrogen-bond acceptors (Lipinski definition) is 1. The minimum Gasteiger partial charge on any atom is -0.358 e. The van der Waals surface area contributed by atoms with Gasteiger partial charge in [-0.1, -0.05) is 39.8 Å². The molecule has 2 heteroatoms. The molecular formula is C17H19NO. The van der Waals surface area contributed by atoms with E-state index < -0.39 is 0 Å². The summed E-state index contributed by atoms with van der Waals surface area (Å²) in [5.74, 6) is 1.02. The molecule has 0 spiro atoms. The second-order valence-corrected chi connectivity index (χ2v) is 5.96. The molecule has 3 rings (SSSR count). The van der Waals surface area contributed by atoms with Crippen molar-refractivity contribution in [2.75, 3.05) is 0 Å². The lowest BCUT2D eigenvalue weighted by Crippen LogP contribution is -1.98. The van der Waals surface area contributed by atoms with Crippen molar-refractivity contribution in [1.29, 1.82) is 0 Å². The summed E-state index contributed by atoms with van der Waals surface area (Å²) in [6.07, 6.45) is 0. The van der Waals surface area contributed by atoms with Crippen LogP contribution in [0.2, 0.25) is 0 Å². The molecule has 0 unspecified atom stereocenters. The summed E-state index contributed by atoms with van der Waals surface area (Å²) < 4.78 is 0. The van der Waals surface area contributed by atoms with Gasteiger partial charge in [0.2, 0.25) is 0 Å². The van der Waals surface area contributed by atoms with Gasteiger partial charge >= 0.3 is 0 Å². The molecule has 98 valence electrons. The maximum atomic E-state index is 12.5. The molecule has 1 heterocycles. The Balaban J connectivity index is 2.15. The van der Waals surface area contributed by atoms with Crippen molar-refractivity contribution in [2.45, 2.75) is 39.5 Å². The van der Waals surface area contributed by atoms with Crippen molar-refractivity contribution >= 4 is 5.78 Å². The highest BCUT2D eigenvalue weighted by Gasteiger charge is 2.29. The fourth-order valence-corrected chi connectivity index (χ4v) is 2.65. The highest BCUT2D eigenvalue weighted by atomic mass is 16.1. The van der Waals surface area contributed by atoms with Gasteiger partial charge in [0.15, 0.2) is 5.78 Å². The maximum absolute atomic E-state index is 12.5. The second-order valence-electron chi connectivity index (χ2n) is 5.96. The number of aromatic amines is 1. The van der Waals surface area contributed by atoms with E-state index >= 15 is 0 Å². The Morgan fingerprint density at radius 2 is 1.63 bits per heavy atom. The largest absolute Gasteiger partial charge is 0.358 e. The van der Waals surface area contributed by atoms with Gasteiger partial charge in [0.25, 0.3) is 0 Å². The van der Waals surface area contributed by atoms with Crippen LogP contribution in [0, 0.1) is 0 Å². The Morgan fingerprint density at radius 1 is 0.895 bits per heavy atom. The summed E-state index contributed by atoms with van der Waals surface area (Å²) in [5.41, 5.74) is 6.09. The Morgan fingerprint density at radius 3 is 2.26 bits per heavy atom. The third-order valence-electron chi connectivity index (χ3n) is 3.93. The van der Waals surface area contributed by atoms with Crippen molar-refractivity contribution in [1.82, 2.24) is 4.98 Å². The van der Waals surface area contributed by atoms with Crippen LogP contribution >= 0.6 is 0 Å². The quantitative estimate of drug-likeness (QED) is 0.718. The Hall–Kier alpha value is -1.83. The van der Waals surface area contributed by atoms with E-state index in [1.807, 2.05) is 12.1 Å². The molecule has 19 heavy (non-hydrogen) atoms. The van der Waals surface area contributed by atoms with Crippen LogP contribution in [0.5, 0.6) is 0 Å². The molecule has 1 aromatic heterocycles. The van der Waals surface area contributed by atoms with Crippen molar-refractivity contribution in [3.05, 3.63) is 46.6 Å². The van der Waals surface area contributed by atoms with Crippen LogP contribution in [0.15, 0.2) is 24.3 Å². The van der Waals surface area contributed by atoms with E-state index in [0.717, 1.165) is 28.1 Å². The molecule has 0 saturated heterocycles. The van der Waals surface area contributed by atoms with Gasteiger partial charge in [-0.05, 0) is 29.5 Å². The molecule has 2 aromatic rings. The number of benzene rings is 1. The molecular weight excluding hydrogens is 234 g/mol. The van der Waals surface area contributed by atoms with Crippen LogP contribution in [0.1, 0.15) is 66.7 Å². The molecule has 0 amide bonds. The van der Waals surface area contributed by atoms with Crippen LogP contribution in [-0.2, 0) is 0 Å². The molecule has 0 saturated carbocycles. The number of rotatable bonds is 2. The lowest BCUT2D eigenvalue weighted by molar-refractivity contribution is 0.104. The van der Waals surface area contributed by atoms with Crippen LogP contribution in [0.25, 0.3) is 11.3 Å². The van der Waals surface area contributed by atoms with E-state index in [2.05, 4.69) is 44.8 Å². The fourth-order valence-electron chi connectivity index (χ4n) is 2.65. The Kier molecular flexibility index (Phi) is 2.63. The molecule has 0 fully saturated rings. The van der Waals surface area contributed by atoms with Gasteiger partial charge in [-0.2, -0.15) is 0 Å². The molecule has 0 radical (unpaired) electrons. The number of ketones is 1. The SMILES string of the molecule is CC(C)c1ccc2c(c1)C(=O)c1cc(C(C)C)[nH]c1-2. The summed E-state index contributed by atoms with van der Waals surface area (Å²) in [5, 5.41) is 0. The van der Waals surface area contributed by atoms with Gasteiger partial charge in [0.05, 0.1) is 5.69 Å². The van der Waals surface area contributed by atoms with Gasteiger partial charge in [-0.15, -0.1) is 0 Å². The highest BCUT2D eigenvalue weighted by Crippen LogP contribution is 2.38. The minimum absolute atomic E-state index is 0.163. The van der Waals surface area contributed by atoms with E-state index in [1.165, 1.54) is 5.56 Å². The van der Waals surface area contributed by atoms with Crippen LogP contribution in [-0.4, -0.2) is 10.8 Å². The smallest absolute Gasteiger partial charge is 0.195 e. The van der Waals surface area contributed by atoms with Crippen molar-refractivity contribution < 1.29 is 4.79 Å². The number of hydrogen-bond donors (Lipinski definition) is 1. The van der Waals surface area contributed by atoms with Gasteiger partial charge in [0.1, 0.15) is 0 Å². The third-order valence-corrected chi connectivity index (χ3v) is 3.93. The average Bonchev–Trinajstić information content (AvgIpc) is 2.90. The van der Waals surface area contributed by atoms with Crippen LogP contribution in [0.4, 0.5) is 0 Å². The van der Waals surface area contributed by atoms with Gasteiger partial charge in [0, 0.05) is 22.4 Å². The second kappa shape index (κ2) is 4.09. The first-order chi connectivity index (χ1) is 8.99. The van der Waals surface area contributed by atoms with E-state index in [-0.39, 0.29) is 5.78 Å². The summed E-state index contributed by atoms with van der Waals surface area (Å²) in [7, 11) is 0.